The molecule has 0 aliphatic heterocycles. The minimum atomic E-state index is -0.506. The first kappa shape index (κ1) is 18.4. The minimum absolute atomic E-state index is 0.208. The van der Waals surface area contributed by atoms with Crippen LogP contribution in [0, 0.1) is 5.92 Å². The molecule has 1 saturated carbocycles. The second kappa shape index (κ2) is 9.42. The lowest BCUT2D eigenvalue weighted by atomic mass is 9.84. The van der Waals surface area contributed by atoms with E-state index in [1.807, 2.05) is 7.05 Å². The van der Waals surface area contributed by atoms with Crippen molar-refractivity contribution in [3.63, 3.8) is 0 Å². The topological polar surface area (TPSA) is 64.3 Å². The van der Waals surface area contributed by atoms with E-state index in [1.54, 1.807) is 0 Å². The van der Waals surface area contributed by atoms with E-state index in [-0.39, 0.29) is 5.91 Å². The van der Waals surface area contributed by atoms with Crippen LogP contribution in [0.15, 0.2) is 0 Å². The van der Waals surface area contributed by atoms with E-state index in [9.17, 15) is 4.79 Å². The zero-order valence-corrected chi connectivity index (χ0v) is 14.1. The Bertz CT molecular complexity index is 309. The van der Waals surface area contributed by atoms with Crippen molar-refractivity contribution in [2.75, 3.05) is 13.7 Å². The largest absolute Gasteiger partial charge is 0.378 e. The van der Waals surface area contributed by atoms with Gasteiger partial charge in [-0.1, -0.05) is 39.0 Å². The van der Waals surface area contributed by atoms with Crippen LogP contribution in [-0.4, -0.2) is 31.2 Å². The van der Waals surface area contributed by atoms with Crippen LogP contribution >= 0.6 is 0 Å². The molecule has 0 aromatic heterocycles. The van der Waals surface area contributed by atoms with Crippen LogP contribution in [0.3, 0.4) is 0 Å². The van der Waals surface area contributed by atoms with Crippen molar-refractivity contribution < 1.29 is 9.53 Å². The van der Waals surface area contributed by atoms with Gasteiger partial charge >= 0.3 is 0 Å². The van der Waals surface area contributed by atoms with E-state index in [0.29, 0.717) is 12.0 Å². The molecule has 3 atom stereocenters. The fourth-order valence-electron chi connectivity index (χ4n) is 3.60. The van der Waals surface area contributed by atoms with Gasteiger partial charge in [0, 0.05) is 6.61 Å². The number of hydrogen-bond acceptors (Lipinski definition) is 3. The van der Waals surface area contributed by atoms with Crippen LogP contribution in [0.4, 0.5) is 0 Å². The molecule has 1 rings (SSSR count). The van der Waals surface area contributed by atoms with Crippen LogP contribution in [0.5, 0.6) is 0 Å². The molecule has 0 spiro atoms. The Morgan fingerprint density at radius 2 is 2.19 bits per heavy atom. The fourth-order valence-corrected chi connectivity index (χ4v) is 3.60. The van der Waals surface area contributed by atoms with E-state index in [1.165, 1.54) is 25.7 Å². The molecule has 4 heteroatoms. The van der Waals surface area contributed by atoms with Gasteiger partial charge in [-0.05, 0) is 45.6 Å². The highest BCUT2D eigenvalue weighted by molar-refractivity contribution is 5.85. The van der Waals surface area contributed by atoms with Gasteiger partial charge in [0.2, 0.25) is 5.91 Å². The molecule has 124 valence electrons. The second-order valence-corrected chi connectivity index (χ2v) is 6.49. The number of unbranched alkanes of at least 4 members (excludes halogenated alkanes) is 3. The summed E-state index contributed by atoms with van der Waals surface area (Å²) in [5.74, 6) is 0.104. The minimum Gasteiger partial charge on any atom is -0.378 e. The van der Waals surface area contributed by atoms with Gasteiger partial charge in [-0.15, -0.1) is 0 Å². The van der Waals surface area contributed by atoms with Crippen molar-refractivity contribution in [2.24, 2.45) is 11.7 Å². The number of hydrogen-bond donors (Lipinski definition) is 2. The maximum atomic E-state index is 11.8. The molecule has 0 heterocycles. The lowest BCUT2D eigenvalue weighted by Crippen LogP contribution is -2.56. The summed E-state index contributed by atoms with van der Waals surface area (Å²) in [6, 6.07) is 0. The number of primary amides is 1. The smallest absolute Gasteiger partial charge is 0.238 e. The normalized spacial score (nSPS) is 26.9. The SMILES string of the molecule is CCCCCCC(C)OCCC1CCCC1(NC)C(N)=O. The number of carbonyl (C=O) groups excluding carboxylic acids is 1. The molecule has 0 saturated heterocycles. The summed E-state index contributed by atoms with van der Waals surface area (Å²) in [4.78, 5) is 11.8. The average Bonchev–Trinajstić information content (AvgIpc) is 2.88. The van der Waals surface area contributed by atoms with E-state index in [0.717, 1.165) is 38.7 Å². The predicted octanol–water partition coefficient (Wildman–Crippen LogP) is 3.00. The van der Waals surface area contributed by atoms with Crippen LogP contribution < -0.4 is 11.1 Å². The van der Waals surface area contributed by atoms with Crippen molar-refractivity contribution in [2.45, 2.75) is 83.3 Å². The molecule has 1 fully saturated rings. The number of carbonyl (C=O) groups is 1. The van der Waals surface area contributed by atoms with Gasteiger partial charge in [-0.25, -0.2) is 0 Å². The molecule has 0 aromatic carbocycles. The summed E-state index contributed by atoms with van der Waals surface area (Å²) in [5, 5.41) is 3.18. The molecular formula is C17H34N2O2. The summed E-state index contributed by atoms with van der Waals surface area (Å²) in [6.07, 6.45) is 10.5. The summed E-state index contributed by atoms with van der Waals surface area (Å²) in [5.41, 5.74) is 5.11. The van der Waals surface area contributed by atoms with Crippen molar-refractivity contribution >= 4 is 5.91 Å². The molecule has 1 aliphatic rings. The highest BCUT2D eigenvalue weighted by atomic mass is 16.5. The fraction of sp³-hybridized carbons (Fsp3) is 0.941. The van der Waals surface area contributed by atoms with Crippen LogP contribution in [-0.2, 0) is 9.53 Å². The predicted molar refractivity (Wildman–Crippen MR) is 87.1 cm³/mol. The first-order chi connectivity index (χ1) is 10.1. The Labute approximate surface area is 130 Å². The van der Waals surface area contributed by atoms with Crippen LogP contribution in [0.2, 0.25) is 0 Å². The maximum absolute atomic E-state index is 11.8. The molecule has 0 aromatic rings. The number of rotatable bonds is 11. The van der Waals surface area contributed by atoms with Crippen molar-refractivity contribution in [1.29, 1.82) is 0 Å². The van der Waals surface area contributed by atoms with Gasteiger partial charge in [0.1, 0.15) is 5.54 Å². The van der Waals surface area contributed by atoms with Crippen molar-refractivity contribution in [3.8, 4) is 0 Å². The monoisotopic (exact) mass is 298 g/mol. The molecule has 4 nitrogen and oxygen atoms in total. The first-order valence-electron chi connectivity index (χ1n) is 8.67. The Hall–Kier alpha value is -0.610. The van der Waals surface area contributed by atoms with Gasteiger partial charge in [0.25, 0.3) is 0 Å². The Kier molecular flexibility index (Phi) is 8.27. The van der Waals surface area contributed by atoms with Crippen LogP contribution in [0.1, 0.15) is 71.6 Å². The molecule has 3 unspecified atom stereocenters. The number of ether oxygens (including phenoxy) is 1. The molecule has 1 aliphatic carbocycles. The highest BCUT2D eigenvalue weighted by Crippen LogP contribution is 2.37. The van der Waals surface area contributed by atoms with Crippen molar-refractivity contribution in [3.05, 3.63) is 0 Å². The third kappa shape index (κ3) is 5.26. The summed E-state index contributed by atoms with van der Waals surface area (Å²) in [7, 11) is 1.85. The van der Waals surface area contributed by atoms with E-state index in [4.69, 9.17) is 10.5 Å². The van der Waals surface area contributed by atoms with Gasteiger partial charge in [-0.2, -0.15) is 0 Å². The van der Waals surface area contributed by atoms with Crippen LogP contribution in [0.25, 0.3) is 0 Å². The maximum Gasteiger partial charge on any atom is 0.238 e. The second-order valence-electron chi connectivity index (χ2n) is 6.49. The molecular weight excluding hydrogens is 264 g/mol. The number of amides is 1. The molecule has 0 bridgehead atoms. The van der Waals surface area contributed by atoms with Gasteiger partial charge in [0.05, 0.1) is 6.10 Å². The first-order valence-corrected chi connectivity index (χ1v) is 8.67. The third-order valence-corrected chi connectivity index (χ3v) is 5.04. The van der Waals surface area contributed by atoms with Crippen molar-refractivity contribution in [1.82, 2.24) is 5.32 Å². The van der Waals surface area contributed by atoms with Gasteiger partial charge in [0.15, 0.2) is 0 Å². The summed E-state index contributed by atoms with van der Waals surface area (Å²) < 4.78 is 5.92. The number of nitrogens with two attached hydrogens (primary N) is 1. The standard InChI is InChI=1S/C17H34N2O2/c1-4-5-6-7-9-14(2)21-13-11-15-10-8-12-17(15,19-3)16(18)20/h14-15,19H,4-13H2,1-3H3,(H2,18,20). The zero-order valence-electron chi connectivity index (χ0n) is 14.1. The third-order valence-electron chi connectivity index (χ3n) is 5.04. The highest BCUT2D eigenvalue weighted by Gasteiger charge is 2.46. The number of nitrogens with one attached hydrogen (secondary N) is 1. The van der Waals surface area contributed by atoms with Gasteiger partial charge in [-0.3, -0.25) is 4.79 Å². The molecule has 1 amide bonds. The summed E-state index contributed by atoms with van der Waals surface area (Å²) in [6.45, 7) is 5.12. The molecule has 0 radical (unpaired) electrons. The number of likely N-dealkylation sites (N-methyl/N-ethyl adjacent to an activating group) is 1. The average molecular weight is 298 g/mol. The zero-order chi connectivity index (χ0) is 15.7. The Balaban J connectivity index is 2.26. The van der Waals surface area contributed by atoms with Gasteiger partial charge < -0.3 is 15.8 Å². The van der Waals surface area contributed by atoms with E-state index in [2.05, 4.69) is 19.2 Å². The quantitative estimate of drug-likeness (QED) is 0.576. The molecule has 3 N–H and O–H groups in total. The molecule has 21 heavy (non-hydrogen) atoms. The lowest BCUT2D eigenvalue weighted by Gasteiger charge is -2.32. The summed E-state index contributed by atoms with van der Waals surface area (Å²) >= 11 is 0. The van der Waals surface area contributed by atoms with E-state index >= 15 is 0 Å². The Morgan fingerprint density at radius 1 is 1.43 bits per heavy atom. The lowest BCUT2D eigenvalue weighted by molar-refractivity contribution is -0.126. The Morgan fingerprint density at radius 3 is 2.81 bits per heavy atom. The van der Waals surface area contributed by atoms with E-state index < -0.39 is 5.54 Å².